The second kappa shape index (κ2) is 10.3. The lowest BCUT2D eigenvalue weighted by atomic mass is 10.1. The maximum Gasteiger partial charge on any atom is 0.184 e. The van der Waals surface area contributed by atoms with Crippen LogP contribution in [0.15, 0.2) is 72.0 Å². The van der Waals surface area contributed by atoms with Crippen LogP contribution in [-0.2, 0) is 6.54 Å². The average Bonchev–Trinajstić information content (AvgIpc) is 2.81. The van der Waals surface area contributed by atoms with E-state index < -0.39 is 0 Å². The maximum absolute atomic E-state index is 13.1. The first-order valence-corrected chi connectivity index (χ1v) is 10.8. The minimum atomic E-state index is -0.192. The Morgan fingerprint density at radius 3 is 2.31 bits per heavy atom. The van der Waals surface area contributed by atoms with E-state index in [1.165, 1.54) is 12.1 Å². The lowest BCUT2D eigenvalue weighted by molar-refractivity contribution is 0.249. The molecule has 3 N–H and O–H groups in total. The number of hydrogen-bond acceptors (Lipinski definition) is 5. The fourth-order valence-electron chi connectivity index (χ4n) is 3.66. The van der Waals surface area contributed by atoms with Crippen molar-refractivity contribution in [3.8, 4) is 11.1 Å². The monoisotopic (exact) mass is 448 g/mol. The van der Waals surface area contributed by atoms with Crippen LogP contribution in [-0.4, -0.2) is 47.4 Å². The topological polar surface area (TPSA) is 69.8 Å². The molecule has 1 fully saturated rings. The number of halogens is 1. The summed E-state index contributed by atoms with van der Waals surface area (Å²) in [4.78, 5) is 9.38. The van der Waals surface area contributed by atoms with Gasteiger partial charge in [-0.15, -0.1) is 0 Å². The number of piperazine rings is 1. The standard InChI is InChI=1S/C24H25FN6S/c25-22-8-3-19(4-9-22)17-30-11-13-31(14-12-30)23-10-7-21(16-27-23)20-5-1-18(2-6-20)15-28-29-24(26)32/h1-10,15-16H,11-14,17H2,(H3,26,29,32). The summed E-state index contributed by atoms with van der Waals surface area (Å²) in [6.07, 6.45) is 3.58. The van der Waals surface area contributed by atoms with Gasteiger partial charge in [0.1, 0.15) is 11.6 Å². The van der Waals surface area contributed by atoms with Crippen LogP contribution < -0.4 is 16.1 Å². The van der Waals surface area contributed by atoms with Gasteiger partial charge in [0, 0.05) is 44.5 Å². The normalized spacial score (nSPS) is 14.6. The molecule has 0 bridgehead atoms. The third-order valence-corrected chi connectivity index (χ3v) is 5.49. The Hall–Kier alpha value is -3.36. The Kier molecular flexibility index (Phi) is 7.03. The minimum Gasteiger partial charge on any atom is -0.375 e. The van der Waals surface area contributed by atoms with Crippen molar-refractivity contribution in [2.24, 2.45) is 10.8 Å². The molecule has 32 heavy (non-hydrogen) atoms. The van der Waals surface area contributed by atoms with Gasteiger partial charge in [-0.3, -0.25) is 10.3 Å². The molecule has 0 atom stereocenters. The van der Waals surface area contributed by atoms with Crippen molar-refractivity contribution in [1.82, 2.24) is 15.3 Å². The summed E-state index contributed by atoms with van der Waals surface area (Å²) in [7, 11) is 0. The molecular formula is C24H25FN6S. The van der Waals surface area contributed by atoms with Crippen molar-refractivity contribution in [3.05, 3.63) is 83.8 Å². The van der Waals surface area contributed by atoms with Crippen molar-refractivity contribution in [1.29, 1.82) is 0 Å². The molecule has 0 amide bonds. The largest absolute Gasteiger partial charge is 0.375 e. The highest BCUT2D eigenvalue weighted by Crippen LogP contribution is 2.22. The van der Waals surface area contributed by atoms with E-state index >= 15 is 0 Å². The van der Waals surface area contributed by atoms with Crippen molar-refractivity contribution >= 4 is 29.4 Å². The molecule has 6 nitrogen and oxygen atoms in total. The van der Waals surface area contributed by atoms with Crippen LogP contribution in [0.5, 0.6) is 0 Å². The van der Waals surface area contributed by atoms with Gasteiger partial charge >= 0.3 is 0 Å². The summed E-state index contributed by atoms with van der Waals surface area (Å²) >= 11 is 4.72. The highest BCUT2D eigenvalue weighted by Gasteiger charge is 2.18. The van der Waals surface area contributed by atoms with Crippen LogP contribution in [0.1, 0.15) is 11.1 Å². The van der Waals surface area contributed by atoms with Gasteiger partial charge in [0.05, 0.1) is 6.21 Å². The van der Waals surface area contributed by atoms with Gasteiger partial charge in [-0.2, -0.15) is 5.10 Å². The molecule has 2 aromatic carbocycles. The fourth-order valence-corrected chi connectivity index (χ4v) is 3.71. The van der Waals surface area contributed by atoms with Crippen LogP contribution in [0.25, 0.3) is 11.1 Å². The molecular weight excluding hydrogens is 423 g/mol. The van der Waals surface area contributed by atoms with Gasteiger partial charge in [0.2, 0.25) is 0 Å². The predicted molar refractivity (Wildman–Crippen MR) is 131 cm³/mol. The third kappa shape index (κ3) is 5.87. The first kappa shape index (κ1) is 21.9. The lowest BCUT2D eigenvalue weighted by Crippen LogP contribution is -2.46. The Labute approximate surface area is 192 Å². The molecule has 0 radical (unpaired) electrons. The first-order valence-electron chi connectivity index (χ1n) is 10.4. The molecule has 1 aliphatic heterocycles. The van der Waals surface area contributed by atoms with Crippen LogP contribution in [0.2, 0.25) is 0 Å². The summed E-state index contributed by atoms with van der Waals surface area (Å²) in [5, 5.41) is 4.10. The number of nitrogens with two attached hydrogens (primary N) is 1. The number of benzene rings is 2. The van der Waals surface area contributed by atoms with E-state index in [-0.39, 0.29) is 10.9 Å². The van der Waals surface area contributed by atoms with Crippen LogP contribution >= 0.6 is 12.2 Å². The Bertz CT molecular complexity index is 1060. The van der Waals surface area contributed by atoms with Gasteiger partial charge in [-0.05, 0) is 53.2 Å². The molecule has 164 valence electrons. The number of pyridine rings is 1. The van der Waals surface area contributed by atoms with Gasteiger partial charge in [0.15, 0.2) is 5.11 Å². The zero-order valence-electron chi connectivity index (χ0n) is 17.6. The van der Waals surface area contributed by atoms with Crippen LogP contribution in [0.3, 0.4) is 0 Å². The molecule has 1 saturated heterocycles. The Morgan fingerprint density at radius 1 is 1.00 bits per heavy atom. The second-order valence-electron chi connectivity index (χ2n) is 7.65. The van der Waals surface area contributed by atoms with E-state index in [2.05, 4.69) is 32.5 Å². The number of aromatic nitrogens is 1. The number of rotatable bonds is 6. The highest BCUT2D eigenvalue weighted by atomic mass is 32.1. The van der Waals surface area contributed by atoms with Gasteiger partial charge < -0.3 is 10.6 Å². The number of hydrazone groups is 1. The summed E-state index contributed by atoms with van der Waals surface area (Å²) in [6, 6.07) is 19.0. The third-order valence-electron chi connectivity index (χ3n) is 5.40. The van der Waals surface area contributed by atoms with E-state index in [9.17, 15) is 4.39 Å². The molecule has 0 saturated carbocycles. The molecule has 8 heteroatoms. The maximum atomic E-state index is 13.1. The second-order valence-corrected chi connectivity index (χ2v) is 8.09. The molecule has 4 rings (SSSR count). The van der Waals surface area contributed by atoms with Gasteiger partial charge in [-0.1, -0.05) is 36.4 Å². The number of hydrogen-bond donors (Lipinski definition) is 2. The van der Waals surface area contributed by atoms with Crippen molar-refractivity contribution < 1.29 is 4.39 Å². The van der Waals surface area contributed by atoms with Crippen LogP contribution in [0.4, 0.5) is 10.2 Å². The zero-order chi connectivity index (χ0) is 22.3. The smallest absolute Gasteiger partial charge is 0.184 e. The quantitative estimate of drug-likeness (QED) is 0.342. The molecule has 1 aliphatic rings. The Balaban J connectivity index is 1.31. The number of nitrogens with one attached hydrogen (secondary N) is 1. The summed E-state index contributed by atoms with van der Waals surface area (Å²) in [5.74, 6) is 0.797. The van der Waals surface area contributed by atoms with Crippen molar-refractivity contribution in [2.75, 3.05) is 31.1 Å². The van der Waals surface area contributed by atoms with E-state index in [1.807, 2.05) is 42.6 Å². The fraction of sp³-hybridized carbons (Fsp3) is 0.208. The van der Waals surface area contributed by atoms with E-state index in [0.717, 1.165) is 60.8 Å². The van der Waals surface area contributed by atoms with E-state index in [4.69, 9.17) is 22.9 Å². The minimum absolute atomic E-state index is 0.137. The van der Waals surface area contributed by atoms with Crippen LogP contribution in [0, 0.1) is 5.82 Å². The molecule has 2 heterocycles. The highest BCUT2D eigenvalue weighted by molar-refractivity contribution is 7.80. The zero-order valence-corrected chi connectivity index (χ0v) is 18.4. The Morgan fingerprint density at radius 2 is 1.69 bits per heavy atom. The summed E-state index contributed by atoms with van der Waals surface area (Å²) < 4.78 is 13.1. The number of anilines is 1. The van der Waals surface area contributed by atoms with E-state index in [0.29, 0.717) is 0 Å². The van der Waals surface area contributed by atoms with Crippen molar-refractivity contribution in [3.63, 3.8) is 0 Å². The first-order chi connectivity index (χ1) is 15.6. The van der Waals surface area contributed by atoms with Gasteiger partial charge in [0.25, 0.3) is 0 Å². The molecule has 0 spiro atoms. The summed E-state index contributed by atoms with van der Waals surface area (Å²) in [5.41, 5.74) is 12.1. The predicted octanol–water partition coefficient (Wildman–Crippen LogP) is 3.38. The number of thiocarbonyl (C=S) groups is 1. The number of nitrogens with zero attached hydrogens (tertiary/aromatic N) is 4. The average molecular weight is 449 g/mol. The van der Waals surface area contributed by atoms with Gasteiger partial charge in [-0.25, -0.2) is 9.37 Å². The molecule has 1 aromatic heterocycles. The van der Waals surface area contributed by atoms with E-state index in [1.54, 1.807) is 6.21 Å². The summed E-state index contributed by atoms with van der Waals surface area (Å²) in [6.45, 7) is 4.58. The molecule has 0 aliphatic carbocycles. The lowest BCUT2D eigenvalue weighted by Gasteiger charge is -2.35. The molecule has 0 unspecified atom stereocenters. The SMILES string of the molecule is NC(=S)NN=Cc1ccc(-c2ccc(N3CCN(Cc4ccc(F)cc4)CC3)nc2)cc1. The molecule has 3 aromatic rings. The van der Waals surface area contributed by atoms with Crippen molar-refractivity contribution in [2.45, 2.75) is 6.54 Å².